The van der Waals surface area contributed by atoms with Crippen molar-refractivity contribution in [2.75, 3.05) is 26.2 Å². The molecule has 0 saturated carbocycles. The summed E-state index contributed by atoms with van der Waals surface area (Å²) in [7, 11) is 0. The molecule has 3 nitrogen and oxygen atoms in total. The van der Waals surface area contributed by atoms with E-state index >= 15 is 0 Å². The van der Waals surface area contributed by atoms with Gasteiger partial charge in [-0.25, -0.2) is 0 Å². The zero-order chi connectivity index (χ0) is 16.2. The fourth-order valence-electron chi connectivity index (χ4n) is 2.78. The monoisotopic (exact) mass is 350 g/mol. The van der Waals surface area contributed by atoms with Crippen molar-refractivity contribution in [3.05, 3.63) is 35.4 Å². The molecule has 1 unspecified atom stereocenters. The van der Waals surface area contributed by atoms with Crippen molar-refractivity contribution in [2.24, 2.45) is 0 Å². The van der Waals surface area contributed by atoms with Crippen molar-refractivity contribution < 1.29 is 18.0 Å². The van der Waals surface area contributed by atoms with Gasteiger partial charge in [0.1, 0.15) is 0 Å². The Hall–Kier alpha value is -1.27. The molecule has 1 aliphatic rings. The van der Waals surface area contributed by atoms with Crippen molar-refractivity contribution >= 4 is 18.3 Å². The quantitative estimate of drug-likeness (QED) is 0.905. The zero-order valence-electron chi connectivity index (χ0n) is 13.0. The normalized spacial score (nSPS) is 17.1. The number of nitrogens with one attached hydrogen (secondary N) is 1. The van der Waals surface area contributed by atoms with Crippen LogP contribution in [0, 0.1) is 0 Å². The summed E-state index contributed by atoms with van der Waals surface area (Å²) in [6.45, 7) is 4.57. The molecule has 1 heterocycles. The number of carbonyl (C=O) groups excluding carboxylic acids is 1. The number of nitrogens with zero attached hydrogens (tertiary/aromatic N) is 1. The van der Waals surface area contributed by atoms with Gasteiger partial charge in [0.15, 0.2) is 0 Å². The Balaban J connectivity index is 0.00000264. The van der Waals surface area contributed by atoms with E-state index < -0.39 is 17.7 Å². The maximum absolute atomic E-state index is 13.1. The molecule has 1 N–H and O–H groups in total. The van der Waals surface area contributed by atoms with Gasteiger partial charge < -0.3 is 10.2 Å². The highest BCUT2D eigenvalue weighted by atomic mass is 35.5. The fourth-order valence-corrected chi connectivity index (χ4v) is 2.78. The summed E-state index contributed by atoms with van der Waals surface area (Å²) < 4.78 is 39.2. The van der Waals surface area contributed by atoms with Crippen LogP contribution in [0.1, 0.15) is 36.8 Å². The van der Waals surface area contributed by atoms with E-state index in [9.17, 15) is 18.0 Å². The van der Waals surface area contributed by atoms with Crippen LogP contribution in [-0.4, -0.2) is 37.0 Å². The molecule has 0 aliphatic carbocycles. The fraction of sp³-hybridized carbons (Fsp3) is 0.562. The SMILES string of the molecule is CC(CC(=O)N1CCCNCC1)c1ccccc1C(F)(F)F.Cl. The molecule has 130 valence electrons. The second kappa shape index (κ2) is 8.55. The molecule has 1 fully saturated rings. The van der Waals surface area contributed by atoms with Crippen molar-refractivity contribution in [1.29, 1.82) is 0 Å². The van der Waals surface area contributed by atoms with Crippen LogP contribution in [0.5, 0.6) is 0 Å². The van der Waals surface area contributed by atoms with Crippen LogP contribution in [0.2, 0.25) is 0 Å². The zero-order valence-corrected chi connectivity index (χ0v) is 13.8. The second-order valence-corrected chi connectivity index (χ2v) is 5.67. The molecule has 1 aromatic rings. The summed E-state index contributed by atoms with van der Waals surface area (Å²) in [4.78, 5) is 14.1. The van der Waals surface area contributed by atoms with Crippen molar-refractivity contribution in [1.82, 2.24) is 10.2 Å². The molecule has 7 heteroatoms. The lowest BCUT2D eigenvalue weighted by Crippen LogP contribution is -2.34. The average Bonchev–Trinajstić information content (AvgIpc) is 2.75. The minimum atomic E-state index is -4.39. The minimum Gasteiger partial charge on any atom is -0.341 e. The van der Waals surface area contributed by atoms with Gasteiger partial charge in [-0.1, -0.05) is 25.1 Å². The van der Waals surface area contributed by atoms with Crippen molar-refractivity contribution in [2.45, 2.75) is 31.9 Å². The lowest BCUT2D eigenvalue weighted by molar-refractivity contribution is -0.139. The van der Waals surface area contributed by atoms with Crippen LogP contribution in [0.15, 0.2) is 24.3 Å². The first-order valence-electron chi connectivity index (χ1n) is 7.54. The Bertz CT molecular complexity index is 514. The number of halogens is 4. The van der Waals surface area contributed by atoms with Gasteiger partial charge in [-0.05, 0) is 30.5 Å². The minimum absolute atomic E-state index is 0. The smallest absolute Gasteiger partial charge is 0.341 e. The Morgan fingerprint density at radius 2 is 1.96 bits per heavy atom. The van der Waals surface area contributed by atoms with Crippen LogP contribution in [0.3, 0.4) is 0 Å². The lowest BCUT2D eigenvalue weighted by Gasteiger charge is -2.23. The predicted molar refractivity (Wildman–Crippen MR) is 85.8 cm³/mol. The Kier molecular flexibility index (Phi) is 7.35. The van der Waals surface area contributed by atoms with Crippen LogP contribution in [0.4, 0.5) is 13.2 Å². The second-order valence-electron chi connectivity index (χ2n) is 5.67. The first kappa shape index (κ1) is 19.8. The Morgan fingerprint density at radius 1 is 1.26 bits per heavy atom. The van der Waals surface area contributed by atoms with Crippen LogP contribution in [0.25, 0.3) is 0 Å². The van der Waals surface area contributed by atoms with Crippen LogP contribution < -0.4 is 5.32 Å². The largest absolute Gasteiger partial charge is 0.416 e. The van der Waals surface area contributed by atoms with Gasteiger partial charge in [0, 0.05) is 26.1 Å². The van der Waals surface area contributed by atoms with Gasteiger partial charge in [0.25, 0.3) is 0 Å². The summed E-state index contributed by atoms with van der Waals surface area (Å²) in [6, 6.07) is 5.50. The standard InChI is InChI=1S/C16H21F3N2O.ClH/c1-12(11-15(22)21-9-4-7-20-8-10-21)13-5-2-3-6-14(13)16(17,18)19;/h2-3,5-6,12,20H,4,7-11H2,1H3;1H. The molecule has 1 aromatic carbocycles. The van der Waals surface area contributed by atoms with E-state index in [-0.39, 0.29) is 30.3 Å². The van der Waals surface area contributed by atoms with E-state index in [1.807, 2.05) is 0 Å². The number of hydrogen-bond donors (Lipinski definition) is 1. The van der Waals surface area contributed by atoms with E-state index in [0.717, 1.165) is 25.6 Å². The average molecular weight is 351 g/mol. The molecule has 1 aliphatic heterocycles. The van der Waals surface area contributed by atoms with Gasteiger partial charge in [0.05, 0.1) is 5.56 Å². The molecule has 0 bridgehead atoms. The predicted octanol–water partition coefficient (Wildman–Crippen LogP) is 3.44. The number of carbonyl (C=O) groups is 1. The van der Waals surface area contributed by atoms with Gasteiger partial charge >= 0.3 is 6.18 Å². The molecule has 0 aromatic heterocycles. The Morgan fingerprint density at radius 3 is 2.65 bits per heavy atom. The molecule has 1 amide bonds. The lowest BCUT2D eigenvalue weighted by atomic mass is 9.92. The van der Waals surface area contributed by atoms with E-state index in [0.29, 0.717) is 13.1 Å². The maximum Gasteiger partial charge on any atom is 0.416 e. The summed E-state index contributed by atoms with van der Waals surface area (Å²) >= 11 is 0. The highest BCUT2D eigenvalue weighted by Gasteiger charge is 2.34. The number of rotatable bonds is 3. The molecule has 1 saturated heterocycles. The first-order chi connectivity index (χ1) is 10.4. The number of amides is 1. The van der Waals surface area contributed by atoms with Gasteiger partial charge in [-0.15, -0.1) is 12.4 Å². The van der Waals surface area contributed by atoms with Crippen molar-refractivity contribution in [3.63, 3.8) is 0 Å². The summed E-state index contributed by atoms with van der Waals surface area (Å²) in [5, 5.41) is 3.20. The van der Waals surface area contributed by atoms with Crippen LogP contribution in [-0.2, 0) is 11.0 Å². The highest BCUT2D eigenvalue weighted by Crippen LogP contribution is 2.36. The molecular formula is C16H22ClF3N2O. The Labute approximate surface area is 140 Å². The molecule has 2 rings (SSSR count). The molecule has 0 spiro atoms. The first-order valence-corrected chi connectivity index (χ1v) is 7.54. The maximum atomic E-state index is 13.1. The summed E-state index contributed by atoms with van der Waals surface area (Å²) in [5.74, 6) is -0.533. The molecule has 0 radical (unpaired) electrons. The van der Waals surface area contributed by atoms with Gasteiger partial charge in [-0.2, -0.15) is 13.2 Å². The topological polar surface area (TPSA) is 32.3 Å². The van der Waals surface area contributed by atoms with Crippen LogP contribution >= 0.6 is 12.4 Å². The van der Waals surface area contributed by atoms with E-state index in [4.69, 9.17) is 0 Å². The molecule has 23 heavy (non-hydrogen) atoms. The van der Waals surface area contributed by atoms with E-state index in [1.54, 1.807) is 17.9 Å². The summed E-state index contributed by atoms with van der Waals surface area (Å²) in [5.41, 5.74) is -0.455. The third kappa shape index (κ3) is 5.39. The van der Waals surface area contributed by atoms with Gasteiger partial charge in [-0.3, -0.25) is 4.79 Å². The van der Waals surface area contributed by atoms with E-state index in [1.165, 1.54) is 12.1 Å². The van der Waals surface area contributed by atoms with Crippen molar-refractivity contribution in [3.8, 4) is 0 Å². The third-order valence-electron chi connectivity index (χ3n) is 3.97. The number of benzene rings is 1. The number of hydrogen-bond acceptors (Lipinski definition) is 2. The number of alkyl halides is 3. The molecule has 1 atom stereocenters. The third-order valence-corrected chi connectivity index (χ3v) is 3.97. The highest BCUT2D eigenvalue weighted by molar-refractivity contribution is 5.85. The van der Waals surface area contributed by atoms with E-state index in [2.05, 4.69) is 5.32 Å². The van der Waals surface area contributed by atoms with Gasteiger partial charge in [0.2, 0.25) is 5.91 Å². The summed E-state index contributed by atoms with van der Waals surface area (Å²) in [6.07, 6.45) is -3.41. The molecular weight excluding hydrogens is 329 g/mol.